The van der Waals surface area contributed by atoms with Gasteiger partial charge in [-0.2, -0.15) is 0 Å². The number of nitrogens with one attached hydrogen (secondary N) is 1. The van der Waals surface area contributed by atoms with E-state index in [1.165, 1.54) is 31.4 Å². The first-order valence-corrected chi connectivity index (χ1v) is 7.13. The van der Waals surface area contributed by atoms with E-state index in [0.717, 1.165) is 0 Å². The van der Waals surface area contributed by atoms with E-state index in [2.05, 4.69) is 10.1 Å². The van der Waals surface area contributed by atoms with Gasteiger partial charge in [0.2, 0.25) is 0 Å². The summed E-state index contributed by atoms with van der Waals surface area (Å²) >= 11 is 0. The van der Waals surface area contributed by atoms with E-state index in [-0.39, 0.29) is 18.2 Å². The quantitative estimate of drug-likeness (QED) is 0.443. The maximum absolute atomic E-state index is 11.9. The topological polar surface area (TPSA) is 108 Å². The Labute approximate surface area is 133 Å². The number of ether oxygens (including phenoxy) is 2. The number of hydrogen-bond acceptors (Lipinski definition) is 6. The molecule has 1 aromatic rings. The van der Waals surface area contributed by atoms with Crippen LogP contribution in [0.4, 0.5) is 5.69 Å². The van der Waals surface area contributed by atoms with Crippen LogP contribution in [0.2, 0.25) is 0 Å². The summed E-state index contributed by atoms with van der Waals surface area (Å²) in [6, 6.07) is 4.63. The molecule has 0 aliphatic heterocycles. The third-order valence-electron chi connectivity index (χ3n) is 3.40. The summed E-state index contributed by atoms with van der Waals surface area (Å²) in [5.74, 6) is -0.739. The van der Waals surface area contributed by atoms with Crippen LogP contribution >= 0.6 is 0 Å². The van der Waals surface area contributed by atoms with Crippen LogP contribution < -0.4 is 10.1 Å². The number of rotatable bonds is 8. The fraction of sp³-hybridized carbons (Fsp3) is 0.467. The number of hydrogen-bond donors (Lipinski definition) is 1. The Kier molecular flexibility index (Phi) is 6.98. The van der Waals surface area contributed by atoms with Gasteiger partial charge >= 0.3 is 5.97 Å². The van der Waals surface area contributed by atoms with Crippen LogP contribution in [0, 0.1) is 16.0 Å². The van der Waals surface area contributed by atoms with E-state index >= 15 is 0 Å². The Morgan fingerprint density at radius 2 is 1.91 bits per heavy atom. The van der Waals surface area contributed by atoms with Crippen molar-refractivity contribution in [2.45, 2.75) is 26.3 Å². The molecule has 1 amide bonds. The molecule has 0 saturated carbocycles. The van der Waals surface area contributed by atoms with Gasteiger partial charge in [-0.1, -0.05) is 20.3 Å². The van der Waals surface area contributed by atoms with E-state index in [0.29, 0.717) is 12.2 Å². The summed E-state index contributed by atoms with van der Waals surface area (Å²) in [4.78, 5) is 33.6. The Morgan fingerprint density at radius 1 is 1.30 bits per heavy atom. The second kappa shape index (κ2) is 8.72. The van der Waals surface area contributed by atoms with Gasteiger partial charge < -0.3 is 14.8 Å². The first-order chi connectivity index (χ1) is 10.9. The van der Waals surface area contributed by atoms with Gasteiger partial charge in [0.25, 0.3) is 11.6 Å². The Hall–Kier alpha value is -2.64. The van der Waals surface area contributed by atoms with Crippen LogP contribution in [0.15, 0.2) is 24.3 Å². The second-order valence-corrected chi connectivity index (χ2v) is 4.99. The molecular weight excluding hydrogens is 304 g/mol. The third-order valence-corrected chi connectivity index (χ3v) is 3.40. The molecule has 0 aromatic heterocycles. The average molecular weight is 324 g/mol. The Morgan fingerprint density at radius 3 is 2.39 bits per heavy atom. The molecule has 1 N–H and O–H groups in total. The van der Waals surface area contributed by atoms with Gasteiger partial charge in [0.1, 0.15) is 11.8 Å². The SMILES string of the molecule is CCC(C)C(NC(=O)COc1ccc([N+](=O)[O-])cc1)C(=O)OC. The van der Waals surface area contributed by atoms with Crippen LogP contribution in [-0.2, 0) is 14.3 Å². The first kappa shape index (κ1) is 18.4. The van der Waals surface area contributed by atoms with Crippen molar-refractivity contribution >= 4 is 17.6 Å². The molecule has 23 heavy (non-hydrogen) atoms. The van der Waals surface area contributed by atoms with Crippen molar-refractivity contribution in [3.63, 3.8) is 0 Å². The normalized spacial score (nSPS) is 12.8. The molecule has 8 nitrogen and oxygen atoms in total. The van der Waals surface area contributed by atoms with Crippen molar-refractivity contribution in [2.75, 3.05) is 13.7 Å². The number of carbonyl (C=O) groups is 2. The first-order valence-electron chi connectivity index (χ1n) is 7.13. The van der Waals surface area contributed by atoms with E-state index in [4.69, 9.17) is 4.74 Å². The highest BCUT2D eigenvalue weighted by Gasteiger charge is 2.26. The minimum absolute atomic E-state index is 0.0654. The predicted molar refractivity (Wildman–Crippen MR) is 82.0 cm³/mol. The zero-order valence-corrected chi connectivity index (χ0v) is 13.3. The zero-order valence-electron chi connectivity index (χ0n) is 13.3. The van der Waals surface area contributed by atoms with E-state index in [9.17, 15) is 19.7 Å². The average Bonchev–Trinajstić information content (AvgIpc) is 2.56. The largest absolute Gasteiger partial charge is 0.484 e. The number of carbonyl (C=O) groups excluding carboxylic acids is 2. The summed E-state index contributed by atoms with van der Waals surface area (Å²) in [5.41, 5.74) is -0.0654. The van der Waals surface area contributed by atoms with Crippen molar-refractivity contribution < 1.29 is 24.0 Å². The van der Waals surface area contributed by atoms with E-state index in [1.54, 1.807) is 0 Å². The van der Waals surface area contributed by atoms with Gasteiger partial charge in [-0.3, -0.25) is 14.9 Å². The summed E-state index contributed by atoms with van der Waals surface area (Å²) in [6.45, 7) is 3.43. The molecular formula is C15H20N2O6. The highest BCUT2D eigenvalue weighted by Crippen LogP contribution is 2.17. The lowest BCUT2D eigenvalue weighted by molar-refractivity contribution is -0.384. The van der Waals surface area contributed by atoms with Gasteiger partial charge in [-0.05, 0) is 18.1 Å². The Balaban J connectivity index is 2.58. The van der Waals surface area contributed by atoms with Crippen LogP contribution in [0.1, 0.15) is 20.3 Å². The van der Waals surface area contributed by atoms with Crippen LogP contribution in [0.3, 0.4) is 0 Å². The summed E-state index contributed by atoms with van der Waals surface area (Å²) < 4.78 is 9.92. The number of non-ortho nitro benzene ring substituents is 1. The third kappa shape index (κ3) is 5.57. The molecule has 1 aromatic carbocycles. The number of benzene rings is 1. The molecule has 0 bridgehead atoms. The van der Waals surface area contributed by atoms with Crippen molar-refractivity contribution in [1.82, 2.24) is 5.32 Å². The standard InChI is InChI=1S/C15H20N2O6/c1-4-10(2)14(15(19)22-3)16-13(18)9-23-12-7-5-11(6-8-12)17(20)21/h5-8,10,14H,4,9H2,1-3H3,(H,16,18). The maximum atomic E-state index is 11.9. The number of nitro groups is 1. The molecule has 0 fully saturated rings. The van der Waals surface area contributed by atoms with Crippen LogP contribution in [0.5, 0.6) is 5.75 Å². The molecule has 0 aliphatic rings. The van der Waals surface area contributed by atoms with E-state index < -0.39 is 22.8 Å². The van der Waals surface area contributed by atoms with Gasteiger partial charge in [0.15, 0.2) is 6.61 Å². The van der Waals surface area contributed by atoms with Crippen LogP contribution in [-0.4, -0.2) is 36.6 Å². The number of amides is 1. The lowest BCUT2D eigenvalue weighted by Crippen LogP contribution is -2.47. The second-order valence-electron chi connectivity index (χ2n) is 4.99. The minimum Gasteiger partial charge on any atom is -0.484 e. The molecule has 2 unspecified atom stereocenters. The van der Waals surface area contributed by atoms with Crippen molar-refractivity contribution in [2.24, 2.45) is 5.92 Å². The molecule has 0 radical (unpaired) electrons. The highest BCUT2D eigenvalue weighted by atomic mass is 16.6. The van der Waals surface area contributed by atoms with Gasteiger partial charge in [0, 0.05) is 12.1 Å². The monoisotopic (exact) mass is 324 g/mol. The fourth-order valence-electron chi connectivity index (χ4n) is 1.82. The fourth-order valence-corrected chi connectivity index (χ4v) is 1.82. The van der Waals surface area contributed by atoms with Crippen molar-refractivity contribution in [3.8, 4) is 5.75 Å². The van der Waals surface area contributed by atoms with Gasteiger partial charge in [-0.15, -0.1) is 0 Å². The predicted octanol–water partition coefficient (Wildman–Crippen LogP) is 1.68. The zero-order chi connectivity index (χ0) is 17.4. The minimum atomic E-state index is -0.738. The van der Waals surface area contributed by atoms with Crippen molar-refractivity contribution in [3.05, 3.63) is 34.4 Å². The number of esters is 1. The number of nitrogens with zero attached hydrogens (tertiary/aromatic N) is 1. The summed E-state index contributed by atoms with van der Waals surface area (Å²) in [5, 5.41) is 13.1. The lowest BCUT2D eigenvalue weighted by Gasteiger charge is -2.21. The number of methoxy groups -OCH3 is 1. The maximum Gasteiger partial charge on any atom is 0.328 e. The van der Waals surface area contributed by atoms with Crippen LogP contribution in [0.25, 0.3) is 0 Å². The molecule has 0 saturated heterocycles. The molecule has 8 heteroatoms. The molecule has 0 spiro atoms. The van der Waals surface area contributed by atoms with E-state index in [1.807, 2.05) is 13.8 Å². The molecule has 0 heterocycles. The molecule has 126 valence electrons. The summed E-state index contributed by atoms with van der Waals surface area (Å²) in [6.07, 6.45) is 0.698. The van der Waals surface area contributed by atoms with Gasteiger partial charge in [-0.25, -0.2) is 4.79 Å². The summed E-state index contributed by atoms with van der Waals surface area (Å²) in [7, 11) is 1.26. The smallest absolute Gasteiger partial charge is 0.328 e. The molecule has 0 aliphatic carbocycles. The Bertz CT molecular complexity index is 558. The lowest BCUT2D eigenvalue weighted by atomic mass is 9.99. The molecule has 1 rings (SSSR count). The highest BCUT2D eigenvalue weighted by molar-refractivity contribution is 5.85. The van der Waals surface area contributed by atoms with Crippen molar-refractivity contribution in [1.29, 1.82) is 0 Å². The van der Waals surface area contributed by atoms with Gasteiger partial charge in [0.05, 0.1) is 12.0 Å². The molecule has 2 atom stereocenters. The number of nitro benzene ring substituents is 1.